The van der Waals surface area contributed by atoms with Crippen LogP contribution in [0.4, 0.5) is 4.39 Å². The molecule has 0 fully saturated rings. The van der Waals surface area contributed by atoms with E-state index in [2.05, 4.69) is 50.2 Å². The molecule has 0 aromatic heterocycles. The highest BCUT2D eigenvalue weighted by molar-refractivity contribution is 9.10. The summed E-state index contributed by atoms with van der Waals surface area (Å²) >= 11 is 6.92. The van der Waals surface area contributed by atoms with Crippen molar-refractivity contribution in [3.8, 4) is 0 Å². The van der Waals surface area contributed by atoms with E-state index < -0.39 is 0 Å². The van der Waals surface area contributed by atoms with E-state index in [-0.39, 0.29) is 11.9 Å². The zero-order valence-electron chi connectivity index (χ0n) is 11.2. The van der Waals surface area contributed by atoms with Crippen LogP contribution in [0.15, 0.2) is 51.4 Å². The topological polar surface area (TPSA) is 12.0 Å². The van der Waals surface area contributed by atoms with Gasteiger partial charge in [0.25, 0.3) is 0 Å². The summed E-state index contributed by atoms with van der Waals surface area (Å²) in [6, 6.07) is 13.4. The summed E-state index contributed by atoms with van der Waals surface area (Å²) in [4.78, 5) is 0. The van der Waals surface area contributed by atoms with Gasteiger partial charge < -0.3 is 5.32 Å². The minimum absolute atomic E-state index is 0.147. The summed E-state index contributed by atoms with van der Waals surface area (Å²) in [6.07, 6.45) is 0.731. The predicted octanol–water partition coefficient (Wildman–Crippen LogP) is 5.24. The normalized spacial score (nSPS) is 12.4. The Morgan fingerprint density at radius 3 is 2.55 bits per heavy atom. The van der Waals surface area contributed by atoms with Gasteiger partial charge in [0, 0.05) is 10.5 Å². The van der Waals surface area contributed by atoms with Gasteiger partial charge in [-0.3, -0.25) is 0 Å². The van der Waals surface area contributed by atoms with E-state index in [0.29, 0.717) is 4.47 Å². The second-order valence-electron chi connectivity index (χ2n) is 4.55. The molecule has 0 heterocycles. The molecular formula is C16H16Br2FN. The number of hydrogen-bond donors (Lipinski definition) is 1. The van der Waals surface area contributed by atoms with Crippen molar-refractivity contribution in [2.24, 2.45) is 0 Å². The molecule has 0 spiro atoms. The molecule has 0 radical (unpaired) electrons. The Morgan fingerprint density at radius 1 is 1.10 bits per heavy atom. The summed E-state index contributed by atoms with van der Waals surface area (Å²) in [6.45, 7) is 2.93. The molecule has 1 N–H and O–H groups in total. The maximum atomic E-state index is 13.6. The quantitative estimate of drug-likeness (QED) is 0.723. The fourth-order valence-electron chi connectivity index (χ4n) is 2.22. The molecule has 4 heteroatoms. The lowest BCUT2D eigenvalue weighted by Gasteiger charge is -2.20. The van der Waals surface area contributed by atoms with E-state index in [0.717, 1.165) is 23.0 Å². The van der Waals surface area contributed by atoms with Crippen LogP contribution in [0.3, 0.4) is 0 Å². The van der Waals surface area contributed by atoms with Gasteiger partial charge in [0.15, 0.2) is 0 Å². The highest BCUT2D eigenvalue weighted by Gasteiger charge is 2.16. The Morgan fingerprint density at radius 2 is 1.85 bits per heavy atom. The molecule has 1 nitrogen and oxygen atoms in total. The summed E-state index contributed by atoms with van der Waals surface area (Å²) < 4.78 is 15.2. The average molecular weight is 401 g/mol. The highest BCUT2D eigenvalue weighted by atomic mass is 79.9. The standard InChI is InChI=1S/C16H16Br2FN/c1-2-20-15(12-7-3-4-8-13(12)17)10-11-6-5-9-14(19)16(11)18/h3-9,15,20H,2,10H2,1H3. The minimum atomic E-state index is -0.218. The molecule has 2 rings (SSSR count). The first-order chi connectivity index (χ1) is 9.63. The Labute approximate surface area is 135 Å². The van der Waals surface area contributed by atoms with Crippen LogP contribution in [0.5, 0.6) is 0 Å². The summed E-state index contributed by atoms with van der Waals surface area (Å²) in [7, 11) is 0. The molecule has 0 amide bonds. The lowest BCUT2D eigenvalue weighted by molar-refractivity contribution is 0.543. The van der Waals surface area contributed by atoms with Crippen molar-refractivity contribution >= 4 is 31.9 Å². The largest absolute Gasteiger partial charge is 0.310 e. The lowest BCUT2D eigenvalue weighted by Crippen LogP contribution is -2.23. The first kappa shape index (κ1) is 15.7. The van der Waals surface area contributed by atoms with Crippen molar-refractivity contribution in [1.82, 2.24) is 5.32 Å². The van der Waals surface area contributed by atoms with Crippen LogP contribution in [-0.4, -0.2) is 6.54 Å². The average Bonchev–Trinajstić information content (AvgIpc) is 2.44. The van der Waals surface area contributed by atoms with Gasteiger partial charge in [0.1, 0.15) is 5.82 Å². The van der Waals surface area contributed by atoms with E-state index in [1.165, 1.54) is 11.6 Å². The van der Waals surface area contributed by atoms with Gasteiger partial charge in [-0.05, 0) is 52.2 Å². The SMILES string of the molecule is CCNC(Cc1cccc(F)c1Br)c1ccccc1Br. The smallest absolute Gasteiger partial charge is 0.137 e. The number of likely N-dealkylation sites (N-methyl/N-ethyl adjacent to an activating group) is 1. The van der Waals surface area contributed by atoms with Gasteiger partial charge in [0.05, 0.1) is 4.47 Å². The summed E-state index contributed by atoms with van der Waals surface area (Å²) in [5.74, 6) is -0.218. The van der Waals surface area contributed by atoms with Crippen LogP contribution >= 0.6 is 31.9 Å². The van der Waals surface area contributed by atoms with E-state index >= 15 is 0 Å². The number of nitrogens with one attached hydrogen (secondary N) is 1. The van der Waals surface area contributed by atoms with Crippen LogP contribution < -0.4 is 5.32 Å². The van der Waals surface area contributed by atoms with Gasteiger partial charge in [0.2, 0.25) is 0 Å². The minimum Gasteiger partial charge on any atom is -0.310 e. The molecular weight excluding hydrogens is 385 g/mol. The van der Waals surface area contributed by atoms with Gasteiger partial charge >= 0.3 is 0 Å². The van der Waals surface area contributed by atoms with Crippen molar-refractivity contribution in [2.75, 3.05) is 6.54 Å². The third kappa shape index (κ3) is 3.68. The molecule has 20 heavy (non-hydrogen) atoms. The van der Waals surface area contributed by atoms with Crippen LogP contribution in [0.1, 0.15) is 24.1 Å². The molecule has 0 bridgehead atoms. The van der Waals surface area contributed by atoms with Crippen LogP contribution in [0, 0.1) is 5.82 Å². The van der Waals surface area contributed by atoms with Crippen LogP contribution in [-0.2, 0) is 6.42 Å². The number of benzene rings is 2. The predicted molar refractivity (Wildman–Crippen MR) is 88.4 cm³/mol. The fourth-order valence-corrected chi connectivity index (χ4v) is 3.21. The zero-order valence-corrected chi connectivity index (χ0v) is 14.3. The first-order valence-electron chi connectivity index (χ1n) is 6.54. The Balaban J connectivity index is 2.31. The van der Waals surface area contributed by atoms with Gasteiger partial charge in [-0.15, -0.1) is 0 Å². The van der Waals surface area contributed by atoms with Crippen molar-refractivity contribution < 1.29 is 4.39 Å². The zero-order chi connectivity index (χ0) is 14.5. The molecule has 2 aromatic rings. The molecule has 1 unspecified atom stereocenters. The van der Waals surface area contributed by atoms with E-state index in [9.17, 15) is 4.39 Å². The Kier molecular flexibility index (Phi) is 5.75. The van der Waals surface area contributed by atoms with Crippen molar-refractivity contribution in [2.45, 2.75) is 19.4 Å². The first-order valence-corrected chi connectivity index (χ1v) is 8.12. The molecule has 2 aromatic carbocycles. The maximum Gasteiger partial charge on any atom is 0.137 e. The molecule has 0 saturated heterocycles. The Hall–Kier alpha value is -0.710. The summed E-state index contributed by atoms with van der Waals surface area (Å²) in [5.41, 5.74) is 2.15. The van der Waals surface area contributed by atoms with Gasteiger partial charge in [-0.1, -0.05) is 53.2 Å². The van der Waals surface area contributed by atoms with Crippen LogP contribution in [0.25, 0.3) is 0 Å². The van der Waals surface area contributed by atoms with Crippen molar-refractivity contribution in [3.63, 3.8) is 0 Å². The number of hydrogen-bond acceptors (Lipinski definition) is 1. The third-order valence-electron chi connectivity index (χ3n) is 3.19. The fraction of sp³-hybridized carbons (Fsp3) is 0.250. The molecule has 0 saturated carbocycles. The highest BCUT2D eigenvalue weighted by Crippen LogP contribution is 2.29. The van der Waals surface area contributed by atoms with E-state index in [4.69, 9.17) is 0 Å². The number of rotatable bonds is 5. The molecule has 1 atom stereocenters. The Bertz CT molecular complexity index is 586. The van der Waals surface area contributed by atoms with Crippen molar-refractivity contribution in [1.29, 1.82) is 0 Å². The second kappa shape index (κ2) is 7.34. The molecule has 0 aliphatic rings. The van der Waals surface area contributed by atoms with Crippen LogP contribution in [0.2, 0.25) is 0 Å². The lowest BCUT2D eigenvalue weighted by atomic mass is 9.99. The maximum absolute atomic E-state index is 13.6. The van der Waals surface area contributed by atoms with E-state index in [1.807, 2.05) is 24.3 Å². The van der Waals surface area contributed by atoms with Gasteiger partial charge in [-0.25, -0.2) is 4.39 Å². The molecule has 0 aliphatic carbocycles. The molecule has 106 valence electrons. The summed E-state index contributed by atoms with van der Waals surface area (Å²) in [5, 5.41) is 3.46. The monoisotopic (exact) mass is 399 g/mol. The molecule has 0 aliphatic heterocycles. The van der Waals surface area contributed by atoms with Crippen molar-refractivity contribution in [3.05, 3.63) is 68.4 Å². The second-order valence-corrected chi connectivity index (χ2v) is 6.20. The number of halogens is 3. The van der Waals surface area contributed by atoms with Gasteiger partial charge in [-0.2, -0.15) is 0 Å². The van der Waals surface area contributed by atoms with E-state index in [1.54, 1.807) is 6.07 Å². The third-order valence-corrected chi connectivity index (χ3v) is 4.80.